The molecule has 176 valence electrons. The number of nitrogens with zero attached hydrogens (tertiary/aromatic N) is 2. The Balaban J connectivity index is 1.73. The molecule has 0 radical (unpaired) electrons. The average Bonchev–Trinajstić information content (AvgIpc) is 3.31. The molecule has 0 spiro atoms. The molecule has 3 heterocycles. The largest absolute Gasteiger partial charge is 0.500 e. The van der Waals surface area contributed by atoms with Crippen LogP contribution in [-0.2, 0) is 14.8 Å². The quantitative estimate of drug-likeness (QED) is 0.546. The molecule has 0 bridgehead atoms. The Morgan fingerprint density at radius 3 is 2.47 bits per heavy atom. The second-order valence-corrected chi connectivity index (χ2v) is 9.61. The van der Waals surface area contributed by atoms with E-state index in [-0.39, 0.29) is 22.3 Å². The van der Waals surface area contributed by atoms with Crippen LogP contribution in [0.1, 0.15) is 39.2 Å². The molecule has 0 saturated carbocycles. The van der Waals surface area contributed by atoms with E-state index in [1.807, 2.05) is 37.6 Å². The SMILES string of the molecule is Cc1cc(C)c(Oc2nc(C3=COCC3)ccc2C(=O)NS(=O)(=O)c2cccc(N)n2)c(C)c1. The molecule has 3 N–H and O–H groups in total. The van der Waals surface area contributed by atoms with Gasteiger partial charge in [-0.2, -0.15) is 8.42 Å². The van der Waals surface area contributed by atoms with Crippen molar-refractivity contribution < 1.29 is 22.7 Å². The summed E-state index contributed by atoms with van der Waals surface area (Å²) >= 11 is 0. The normalized spacial score (nSPS) is 13.2. The maximum absolute atomic E-state index is 13.1. The summed E-state index contributed by atoms with van der Waals surface area (Å²) in [7, 11) is -4.27. The summed E-state index contributed by atoms with van der Waals surface area (Å²) in [6.45, 7) is 6.30. The Labute approximate surface area is 197 Å². The number of hydrogen-bond donors (Lipinski definition) is 2. The van der Waals surface area contributed by atoms with E-state index < -0.39 is 15.9 Å². The summed E-state index contributed by atoms with van der Waals surface area (Å²) in [5.41, 5.74) is 9.75. The Kier molecular flexibility index (Phi) is 6.25. The van der Waals surface area contributed by atoms with Crippen molar-refractivity contribution in [3.05, 3.63) is 76.7 Å². The third-order valence-electron chi connectivity index (χ3n) is 5.20. The topological polar surface area (TPSA) is 134 Å². The molecule has 4 rings (SSSR count). The van der Waals surface area contributed by atoms with Gasteiger partial charge in [0.2, 0.25) is 5.88 Å². The minimum absolute atomic E-state index is 0.0164. The number of rotatable bonds is 6. The monoisotopic (exact) mass is 480 g/mol. The second kappa shape index (κ2) is 9.14. The van der Waals surface area contributed by atoms with Crippen molar-refractivity contribution in [2.45, 2.75) is 32.2 Å². The van der Waals surface area contributed by atoms with Crippen molar-refractivity contribution in [1.29, 1.82) is 0 Å². The highest BCUT2D eigenvalue weighted by molar-refractivity contribution is 7.90. The van der Waals surface area contributed by atoms with Gasteiger partial charge in [-0.25, -0.2) is 14.7 Å². The van der Waals surface area contributed by atoms with Gasteiger partial charge in [-0.05, 0) is 56.2 Å². The maximum Gasteiger partial charge on any atom is 0.281 e. The van der Waals surface area contributed by atoms with Crippen LogP contribution in [0, 0.1) is 20.8 Å². The van der Waals surface area contributed by atoms with E-state index in [1.165, 1.54) is 24.3 Å². The molecule has 1 aliphatic heterocycles. The number of sulfonamides is 1. The zero-order chi connectivity index (χ0) is 24.5. The lowest BCUT2D eigenvalue weighted by molar-refractivity contribution is 0.0978. The number of nitrogens with two attached hydrogens (primary N) is 1. The number of hydrogen-bond acceptors (Lipinski definition) is 8. The lowest BCUT2D eigenvalue weighted by Crippen LogP contribution is -2.31. The fraction of sp³-hybridized carbons (Fsp3) is 0.208. The Bertz CT molecular complexity index is 1390. The number of carbonyl (C=O) groups is 1. The molecule has 0 unspecified atom stereocenters. The standard InChI is InChI=1S/C24H24N4O5S/c1-14-11-15(2)22(16(3)12-14)33-24-18(7-8-19(26-24)17-9-10-32-13-17)23(29)28-34(30,31)21-6-4-5-20(25)27-21/h4-8,11-13H,9-10H2,1-3H3,(H2,25,27)(H,28,29). The van der Waals surface area contributed by atoms with Crippen molar-refractivity contribution in [2.24, 2.45) is 0 Å². The van der Waals surface area contributed by atoms with E-state index in [1.54, 1.807) is 12.3 Å². The number of ether oxygens (including phenoxy) is 2. The van der Waals surface area contributed by atoms with E-state index in [0.29, 0.717) is 24.5 Å². The van der Waals surface area contributed by atoms with Crippen LogP contribution >= 0.6 is 0 Å². The molecule has 34 heavy (non-hydrogen) atoms. The summed E-state index contributed by atoms with van der Waals surface area (Å²) in [6, 6.07) is 11.1. The molecule has 3 aromatic rings. The second-order valence-electron chi connectivity index (χ2n) is 7.98. The van der Waals surface area contributed by atoms with E-state index in [4.69, 9.17) is 15.2 Å². The van der Waals surface area contributed by atoms with Crippen LogP contribution in [-0.4, -0.2) is 30.9 Å². The minimum Gasteiger partial charge on any atom is -0.500 e. The van der Waals surface area contributed by atoms with Gasteiger partial charge < -0.3 is 15.2 Å². The molecular weight excluding hydrogens is 456 g/mol. The van der Waals surface area contributed by atoms with Crippen molar-refractivity contribution in [3.8, 4) is 11.6 Å². The smallest absolute Gasteiger partial charge is 0.281 e. The zero-order valence-electron chi connectivity index (χ0n) is 19.0. The minimum atomic E-state index is -4.27. The molecule has 1 amide bonds. The van der Waals surface area contributed by atoms with Crippen LogP contribution in [0.15, 0.2) is 53.8 Å². The highest BCUT2D eigenvalue weighted by Gasteiger charge is 2.25. The van der Waals surface area contributed by atoms with Crippen molar-refractivity contribution in [2.75, 3.05) is 12.3 Å². The first-order valence-corrected chi connectivity index (χ1v) is 12.0. The molecule has 10 heteroatoms. The predicted octanol–water partition coefficient (Wildman–Crippen LogP) is 3.66. The van der Waals surface area contributed by atoms with Crippen LogP contribution in [0.25, 0.3) is 5.57 Å². The van der Waals surface area contributed by atoms with Gasteiger partial charge in [0.05, 0.1) is 18.6 Å². The first-order valence-electron chi connectivity index (χ1n) is 10.5. The average molecular weight is 481 g/mol. The number of nitrogen functional groups attached to an aromatic ring is 1. The van der Waals surface area contributed by atoms with Gasteiger partial charge in [0.15, 0.2) is 5.03 Å². The van der Waals surface area contributed by atoms with Gasteiger partial charge in [-0.3, -0.25) is 4.79 Å². The lowest BCUT2D eigenvalue weighted by Gasteiger charge is -2.16. The number of amides is 1. The third kappa shape index (κ3) is 4.86. The fourth-order valence-electron chi connectivity index (χ4n) is 3.68. The number of aromatic nitrogens is 2. The molecule has 2 aromatic heterocycles. The van der Waals surface area contributed by atoms with Crippen LogP contribution < -0.4 is 15.2 Å². The van der Waals surface area contributed by atoms with Crippen molar-refractivity contribution >= 4 is 27.3 Å². The predicted molar refractivity (Wildman–Crippen MR) is 127 cm³/mol. The van der Waals surface area contributed by atoms with E-state index in [2.05, 4.69) is 9.97 Å². The van der Waals surface area contributed by atoms with Crippen molar-refractivity contribution in [3.63, 3.8) is 0 Å². The van der Waals surface area contributed by atoms with Gasteiger partial charge in [0.25, 0.3) is 15.9 Å². The van der Waals surface area contributed by atoms with E-state index in [9.17, 15) is 13.2 Å². The summed E-state index contributed by atoms with van der Waals surface area (Å²) < 4.78 is 38.9. The summed E-state index contributed by atoms with van der Waals surface area (Å²) in [6.07, 6.45) is 2.28. The summed E-state index contributed by atoms with van der Waals surface area (Å²) in [5, 5.41) is -0.369. The van der Waals surface area contributed by atoms with Crippen LogP contribution in [0.2, 0.25) is 0 Å². The molecule has 0 aliphatic carbocycles. The summed E-state index contributed by atoms with van der Waals surface area (Å²) in [5.74, 6) is -0.366. The Morgan fingerprint density at radius 2 is 1.82 bits per heavy atom. The van der Waals surface area contributed by atoms with Crippen LogP contribution in [0.3, 0.4) is 0 Å². The van der Waals surface area contributed by atoms with Gasteiger partial charge in [-0.15, -0.1) is 0 Å². The highest BCUT2D eigenvalue weighted by Crippen LogP contribution is 2.33. The summed E-state index contributed by atoms with van der Waals surface area (Å²) in [4.78, 5) is 21.4. The molecule has 1 aromatic carbocycles. The molecule has 0 saturated heterocycles. The van der Waals surface area contributed by atoms with Gasteiger partial charge >= 0.3 is 0 Å². The molecule has 9 nitrogen and oxygen atoms in total. The molecule has 0 fully saturated rings. The van der Waals surface area contributed by atoms with E-state index in [0.717, 1.165) is 22.3 Å². The molecule has 0 atom stereocenters. The Morgan fingerprint density at radius 1 is 1.09 bits per heavy atom. The molecular formula is C24H24N4O5S. The van der Waals surface area contributed by atoms with Gasteiger partial charge in [0.1, 0.15) is 17.1 Å². The van der Waals surface area contributed by atoms with Gasteiger partial charge in [-0.1, -0.05) is 23.8 Å². The molecule has 1 aliphatic rings. The number of benzene rings is 1. The number of carbonyl (C=O) groups excluding carboxylic acids is 1. The van der Waals surface area contributed by atoms with Gasteiger partial charge in [0, 0.05) is 12.0 Å². The maximum atomic E-state index is 13.1. The number of aryl methyl sites for hydroxylation is 3. The van der Waals surface area contributed by atoms with Crippen LogP contribution in [0.4, 0.5) is 5.82 Å². The first kappa shape index (κ1) is 23.2. The van der Waals surface area contributed by atoms with E-state index >= 15 is 0 Å². The third-order valence-corrected chi connectivity index (χ3v) is 6.43. The number of anilines is 1. The van der Waals surface area contributed by atoms with Crippen LogP contribution in [0.5, 0.6) is 11.6 Å². The zero-order valence-corrected chi connectivity index (χ0v) is 19.8. The first-order chi connectivity index (χ1) is 16.1. The highest BCUT2D eigenvalue weighted by atomic mass is 32.2. The van der Waals surface area contributed by atoms with Crippen molar-refractivity contribution in [1.82, 2.24) is 14.7 Å². The lowest BCUT2D eigenvalue weighted by atomic mass is 10.1. The number of pyridine rings is 2. The number of nitrogens with one attached hydrogen (secondary N) is 1. The fourth-order valence-corrected chi connectivity index (χ4v) is 4.62. The Hall–Kier alpha value is -3.92.